The average molecular weight is 225 g/mol. The first-order chi connectivity index (χ1) is 7.66. The van der Waals surface area contributed by atoms with Gasteiger partial charge in [0.25, 0.3) is 0 Å². The van der Waals surface area contributed by atoms with Gasteiger partial charge in [-0.3, -0.25) is 4.79 Å². The Morgan fingerprint density at radius 1 is 1.12 bits per heavy atom. The van der Waals surface area contributed by atoms with Crippen LogP contribution in [0.2, 0.25) is 0 Å². The highest BCUT2D eigenvalue weighted by molar-refractivity contribution is 5.73. The molecule has 2 fully saturated rings. The van der Waals surface area contributed by atoms with Crippen molar-refractivity contribution in [1.29, 1.82) is 0 Å². The molecule has 1 saturated heterocycles. The maximum atomic E-state index is 11.2. The Hall–Kier alpha value is -0.570. The molecule has 0 radical (unpaired) electrons. The van der Waals surface area contributed by atoms with E-state index in [0.29, 0.717) is 0 Å². The number of hydrogen-bond acceptors (Lipinski definition) is 1. The number of piperazine rings is 1. The molecule has 16 heavy (non-hydrogen) atoms. The second-order valence-corrected chi connectivity index (χ2v) is 5.62. The van der Waals surface area contributed by atoms with Gasteiger partial charge in [-0.15, -0.1) is 0 Å². The van der Waals surface area contributed by atoms with E-state index in [9.17, 15) is 4.79 Å². The van der Waals surface area contributed by atoms with Gasteiger partial charge < -0.3 is 9.80 Å². The molecule has 3 nitrogen and oxygen atoms in total. The molecule has 0 unspecified atom stereocenters. The molecule has 92 valence electrons. The summed E-state index contributed by atoms with van der Waals surface area (Å²) in [5, 5.41) is 0. The number of carbonyl (C=O) groups is 1. The van der Waals surface area contributed by atoms with Crippen LogP contribution in [0.15, 0.2) is 0 Å². The summed E-state index contributed by atoms with van der Waals surface area (Å²) >= 11 is 0. The maximum absolute atomic E-state index is 11.2. The first-order valence-corrected chi connectivity index (χ1v) is 6.77. The summed E-state index contributed by atoms with van der Waals surface area (Å²) in [5.74, 6) is 1.19. The molecule has 0 aromatic carbocycles. The lowest BCUT2D eigenvalue weighted by Crippen LogP contribution is -3.18. The third-order valence-electron chi connectivity index (χ3n) is 4.44. The lowest BCUT2D eigenvalue weighted by atomic mass is 9.86. The predicted octanol–water partition coefficient (Wildman–Crippen LogP) is 0.312. The Labute approximate surface area is 98.8 Å². The van der Waals surface area contributed by atoms with E-state index < -0.39 is 0 Å². The summed E-state index contributed by atoms with van der Waals surface area (Å²) in [6.45, 7) is 8.33. The van der Waals surface area contributed by atoms with E-state index in [-0.39, 0.29) is 5.91 Å². The van der Waals surface area contributed by atoms with Crippen molar-refractivity contribution in [2.45, 2.75) is 45.6 Å². The smallest absolute Gasteiger partial charge is 0.219 e. The molecule has 0 aromatic heterocycles. The highest BCUT2D eigenvalue weighted by Crippen LogP contribution is 2.22. The van der Waals surface area contributed by atoms with Crippen LogP contribution in [0.4, 0.5) is 0 Å². The van der Waals surface area contributed by atoms with Gasteiger partial charge in [-0.05, 0) is 31.6 Å². The Bertz CT molecular complexity index is 238. The number of carbonyl (C=O) groups excluding carboxylic acids is 1. The van der Waals surface area contributed by atoms with E-state index in [1.807, 2.05) is 4.90 Å². The molecule has 1 saturated carbocycles. The third-order valence-corrected chi connectivity index (χ3v) is 4.44. The van der Waals surface area contributed by atoms with Crippen LogP contribution in [0, 0.1) is 5.92 Å². The van der Waals surface area contributed by atoms with Crippen LogP contribution in [0.5, 0.6) is 0 Å². The lowest BCUT2D eigenvalue weighted by Gasteiger charge is -2.38. The number of amides is 1. The van der Waals surface area contributed by atoms with Crippen molar-refractivity contribution in [3.05, 3.63) is 0 Å². The summed E-state index contributed by atoms with van der Waals surface area (Å²) in [5.41, 5.74) is 0. The van der Waals surface area contributed by atoms with Crippen LogP contribution < -0.4 is 4.90 Å². The molecule has 0 aromatic rings. The fourth-order valence-corrected chi connectivity index (χ4v) is 3.19. The molecule has 1 N–H and O–H groups in total. The number of quaternary nitrogens is 1. The first kappa shape index (κ1) is 11.9. The van der Waals surface area contributed by atoms with Gasteiger partial charge in [-0.1, -0.05) is 6.92 Å². The molecule has 3 heteroatoms. The number of rotatable bonds is 1. The van der Waals surface area contributed by atoms with E-state index in [2.05, 4.69) is 6.92 Å². The molecular weight excluding hydrogens is 200 g/mol. The second-order valence-electron chi connectivity index (χ2n) is 5.62. The largest absolute Gasteiger partial charge is 0.332 e. The molecule has 1 aliphatic heterocycles. The highest BCUT2D eigenvalue weighted by Gasteiger charge is 2.30. The standard InChI is InChI=1S/C13H24N2O/c1-11-3-5-13(6-4-11)15-9-7-14(8-10-15)12(2)16/h11,13H,3-10H2,1-2H3/p+1. The SMILES string of the molecule is CC(=O)N1CC[NH+](C2CCC(C)CC2)CC1. The molecule has 2 aliphatic rings. The molecule has 1 amide bonds. The molecule has 2 rings (SSSR count). The monoisotopic (exact) mass is 225 g/mol. The quantitative estimate of drug-likeness (QED) is 0.683. The van der Waals surface area contributed by atoms with Crippen molar-refractivity contribution in [3.8, 4) is 0 Å². The van der Waals surface area contributed by atoms with E-state index in [4.69, 9.17) is 0 Å². The minimum Gasteiger partial charge on any atom is -0.332 e. The van der Waals surface area contributed by atoms with Gasteiger partial charge in [0.05, 0.1) is 32.2 Å². The van der Waals surface area contributed by atoms with Crippen LogP contribution in [0.25, 0.3) is 0 Å². The average Bonchev–Trinajstić information content (AvgIpc) is 2.30. The molecular formula is C13H25N2O+. The summed E-state index contributed by atoms with van der Waals surface area (Å²) < 4.78 is 0. The Morgan fingerprint density at radius 3 is 2.19 bits per heavy atom. The molecule has 0 bridgehead atoms. The van der Waals surface area contributed by atoms with Gasteiger partial charge in [0.1, 0.15) is 0 Å². The fraction of sp³-hybridized carbons (Fsp3) is 0.923. The number of nitrogens with zero attached hydrogens (tertiary/aromatic N) is 1. The van der Waals surface area contributed by atoms with Gasteiger partial charge in [0.15, 0.2) is 0 Å². The van der Waals surface area contributed by atoms with E-state index in [0.717, 1.165) is 25.0 Å². The Balaban J connectivity index is 1.78. The Morgan fingerprint density at radius 2 is 1.69 bits per heavy atom. The summed E-state index contributed by atoms with van der Waals surface area (Å²) in [4.78, 5) is 15.0. The zero-order valence-electron chi connectivity index (χ0n) is 10.7. The van der Waals surface area contributed by atoms with Gasteiger partial charge >= 0.3 is 0 Å². The van der Waals surface area contributed by atoms with Crippen LogP contribution >= 0.6 is 0 Å². The van der Waals surface area contributed by atoms with Crippen molar-refractivity contribution in [3.63, 3.8) is 0 Å². The normalized spacial score (nSPS) is 32.8. The molecule has 1 heterocycles. The van der Waals surface area contributed by atoms with Gasteiger partial charge in [0, 0.05) is 6.92 Å². The highest BCUT2D eigenvalue weighted by atomic mass is 16.2. The zero-order valence-corrected chi connectivity index (χ0v) is 10.7. The summed E-state index contributed by atoms with van der Waals surface area (Å²) in [6.07, 6.45) is 5.61. The van der Waals surface area contributed by atoms with Crippen molar-refractivity contribution in [2.75, 3.05) is 26.2 Å². The number of nitrogens with one attached hydrogen (secondary N) is 1. The topological polar surface area (TPSA) is 24.8 Å². The first-order valence-electron chi connectivity index (χ1n) is 6.77. The molecule has 0 spiro atoms. The van der Waals surface area contributed by atoms with Crippen LogP contribution in [-0.4, -0.2) is 43.0 Å². The molecule has 0 atom stereocenters. The zero-order chi connectivity index (χ0) is 11.5. The summed E-state index contributed by atoms with van der Waals surface area (Å²) in [7, 11) is 0. The summed E-state index contributed by atoms with van der Waals surface area (Å²) in [6, 6.07) is 0.880. The van der Waals surface area contributed by atoms with Crippen LogP contribution in [0.1, 0.15) is 39.5 Å². The van der Waals surface area contributed by atoms with Crippen molar-refractivity contribution in [1.82, 2.24) is 4.90 Å². The van der Waals surface area contributed by atoms with Crippen molar-refractivity contribution < 1.29 is 9.69 Å². The van der Waals surface area contributed by atoms with E-state index in [1.54, 1.807) is 11.8 Å². The fourth-order valence-electron chi connectivity index (χ4n) is 3.19. The van der Waals surface area contributed by atoms with Crippen molar-refractivity contribution >= 4 is 5.91 Å². The van der Waals surface area contributed by atoms with Crippen molar-refractivity contribution in [2.24, 2.45) is 5.92 Å². The lowest BCUT2D eigenvalue weighted by molar-refractivity contribution is -0.930. The van der Waals surface area contributed by atoms with E-state index >= 15 is 0 Å². The number of hydrogen-bond donors (Lipinski definition) is 1. The molecule has 1 aliphatic carbocycles. The van der Waals surface area contributed by atoms with E-state index in [1.165, 1.54) is 38.8 Å². The predicted molar refractivity (Wildman–Crippen MR) is 64.4 cm³/mol. The van der Waals surface area contributed by atoms with Gasteiger partial charge in [-0.2, -0.15) is 0 Å². The van der Waals surface area contributed by atoms with Crippen LogP contribution in [0.3, 0.4) is 0 Å². The minimum absolute atomic E-state index is 0.247. The van der Waals surface area contributed by atoms with Gasteiger partial charge in [0.2, 0.25) is 5.91 Å². The Kier molecular flexibility index (Phi) is 3.85. The maximum Gasteiger partial charge on any atom is 0.219 e. The van der Waals surface area contributed by atoms with Gasteiger partial charge in [-0.25, -0.2) is 0 Å². The second kappa shape index (κ2) is 5.17. The third kappa shape index (κ3) is 2.76. The van der Waals surface area contributed by atoms with Crippen LogP contribution in [-0.2, 0) is 4.79 Å². The minimum atomic E-state index is 0.247.